The van der Waals surface area contributed by atoms with Gasteiger partial charge in [-0.3, -0.25) is 9.59 Å². The zero-order valence-corrected chi connectivity index (χ0v) is 6.65. The summed E-state index contributed by atoms with van der Waals surface area (Å²) in [5.74, 6) is -2.27. The number of ketones is 2. The van der Waals surface area contributed by atoms with Gasteiger partial charge in [0.1, 0.15) is 17.0 Å². The molecule has 2 aliphatic rings. The van der Waals surface area contributed by atoms with Gasteiger partial charge in [0.05, 0.1) is 0 Å². The molecule has 72 valence electrons. The number of halogens is 3. The maximum Gasteiger partial charge on any atom is 0.402 e. The van der Waals surface area contributed by atoms with Crippen LogP contribution in [-0.4, -0.2) is 17.7 Å². The van der Waals surface area contributed by atoms with Gasteiger partial charge in [-0.2, -0.15) is 13.2 Å². The van der Waals surface area contributed by atoms with Gasteiger partial charge in [0.15, 0.2) is 0 Å². The number of fused-ring (bicyclic) bond motifs is 1. The van der Waals surface area contributed by atoms with Crippen LogP contribution in [0.2, 0.25) is 0 Å². The number of hydrogen-bond donors (Lipinski definition) is 0. The Hall–Kier alpha value is -0.870. The van der Waals surface area contributed by atoms with E-state index >= 15 is 0 Å². The van der Waals surface area contributed by atoms with Gasteiger partial charge in [-0.05, 0) is 6.42 Å². The second kappa shape index (κ2) is 2.13. The van der Waals surface area contributed by atoms with Gasteiger partial charge in [-0.1, -0.05) is 0 Å². The van der Waals surface area contributed by atoms with Crippen LogP contribution in [0.15, 0.2) is 0 Å². The Kier molecular flexibility index (Phi) is 1.43. The Balaban J connectivity index is 2.35. The van der Waals surface area contributed by atoms with Gasteiger partial charge in [0.25, 0.3) is 0 Å². The van der Waals surface area contributed by atoms with Crippen LogP contribution in [0, 0.1) is 11.3 Å². The molecule has 5 heteroatoms. The van der Waals surface area contributed by atoms with E-state index in [1.807, 2.05) is 0 Å². The number of carbonyl (C=O) groups excluding carboxylic acids is 2. The highest BCUT2D eigenvalue weighted by Gasteiger charge is 2.77. The lowest BCUT2D eigenvalue weighted by Crippen LogP contribution is -2.39. The van der Waals surface area contributed by atoms with Gasteiger partial charge in [0, 0.05) is 18.8 Å². The standard InChI is InChI=1S/C8H7F3O2/c9-8(10,11)7-3-4(7)5(12)1-2-6(7)13/h4H,1-3H2. The van der Waals surface area contributed by atoms with Crippen molar-refractivity contribution >= 4 is 11.6 Å². The van der Waals surface area contributed by atoms with E-state index in [4.69, 9.17) is 0 Å². The summed E-state index contributed by atoms with van der Waals surface area (Å²) in [7, 11) is 0. The average molecular weight is 192 g/mol. The minimum Gasteiger partial charge on any atom is -0.299 e. The van der Waals surface area contributed by atoms with Gasteiger partial charge in [-0.15, -0.1) is 0 Å². The molecule has 0 amide bonds. The fourth-order valence-electron chi connectivity index (χ4n) is 2.07. The van der Waals surface area contributed by atoms with Crippen molar-refractivity contribution in [3.63, 3.8) is 0 Å². The lowest BCUT2D eigenvalue weighted by atomic mass is 9.86. The van der Waals surface area contributed by atoms with Gasteiger partial charge < -0.3 is 0 Å². The molecule has 0 heterocycles. The van der Waals surface area contributed by atoms with E-state index < -0.39 is 29.1 Å². The Morgan fingerprint density at radius 2 is 1.85 bits per heavy atom. The summed E-state index contributed by atoms with van der Waals surface area (Å²) in [5, 5.41) is 0. The van der Waals surface area contributed by atoms with Crippen LogP contribution < -0.4 is 0 Å². The fourth-order valence-corrected chi connectivity index (χ4v) is 2.07. The van der Waals surface area contributed by atoms with Gasteiger partial charge in [0.2, 0.25) is 0 Å². The monoisotopic (exact) mass is 192 g/mol. The molecule has 2 unspecified atom stereocenters. The zero-order chi connectivity index (χ0) is 9.85. The van der Waals surface area contributed by atoms with E-state index in [1.165, 1.54) is 0 Å². The molecular weight excluding hydrogens is 185 g/mol. The molecule has 0 aliphatic heterocycles. The van der Waals surface area contributed by atoms with Crippen molar-refractivity contribution in [3.05, 3.63) is 0 Å². The Morgan fingerprint density at radius 1 is 1.23 bits per heavy atom. The highest BCUT2D eigenvalue weighted by atomic mass is 19.4. The summed E-state index contributed by atoms with van der Waals surface area (Å²) in [4.78, 5) is 22.1. The van der Waals surface area contributed by atoms with Crippen LogP contribution in [0.5, 0.6) is 0 Å². The molecular formula is C8H7F3O2. The van der Waals surface area contributed by atoms with Crippen LogP contribution in [-0.2, 0) is 9.59 Å². The Bertz CT molecular complexity index is 294. The molecule has 0 N–H and O–H groups in total. The van der Waals surface area contributed by atoms with Crippen molar-refractivity contribution < 1.29 is 22.8 Å². The summed E-state index contributed by atoms with van der Waals surface area (Å²) in [6, 6.07) is 0. The van der Waals surface area contributed by atoms with E-state index in [0.29, 0.717) is 0 Å². The maximum absolute atomic E-state index is 12.4. The quantitative estimate of drug-likeness (QED) is 0.582. The lowest BCUT2D eigenvalue weighted by molar-refractivity contribution is -0.197. The first-order valence-corrected chi connectivity index (χ1v) is 4.02. The van der Waals surface area contributed by atoms with Crippen molar-refractivity contribution in [1.82, 2.24) is 0 Å². The van der Waals surface area contributed by atoms with Crippen molar-refractivity contribution in [2.24, 2.45) is 11.3 Å². The highest BCUT2D eigenvalue weighted by Crippen LogP contribution is 2.65. The van der Waals surface area contributed by atoms with Gasteiger partial charge >= 0.3 is 6.18 Å². The van der Waals surface area contributed by atoms with Crippen LogP contribution in [0.25, 0.3) is 0 Å². The molecule has 0 aromatic carbocycles. The smallest absolute Gasteiger partial charge is 0.299 e. The van der Waals surface area contributed by atoms with E-state index in [2.05, 4.69) is 0 Å². The normalized spacial score (nSPS) is 38.8. The van der Waals surface area contributed by atoms with Crippen molar-refractivity contribution in [2.75, 3.05) is 0 Å². The number of alkyl halides is 3. The van der Waals surface area contributed by atoms with Gasteiger partial charge in [-0.25, -0.2) is 0 Å². The topological polar surface area (TPSA) is 34.1 Å². The number of Topliss-reactive ketones (excluding diaryl/α,β-unsaturated/α-hetero) is 2. The first kappa shape index (κ1) is 8.72. The number of hydrogen-bond acceptors (Lipinski definition) is 2. The molecule has 13 heavy (non-hydrogen) atoms. The molecule has 0 radical (unpaired) electrons. The lowest BCUT2D eigenvalue weighted by Gasteiger charge is -2.22. The molecule has 0 bridgehead atoms. The maximum atomic E-state index is 12.4. The zero-order valence-electron chi connectivity index (χ0n) is 6.65. The SMILES string of the molecule is O=C1CCC(=O)C2(C(F)(F)F)CC12. The molecule has 0 aromatic rings. The molecule has 2 aliphatic carbocycles. The summed E-state index contributed by atoms with van der Waals surface area (Å²) in [6.07, 6.45) is -5.10. The third-order valence-electron chi connectivity index (χ3n) is 2.95. The minimum absolute atomic E-state index is 0.0126. The van der Waals surface area contributed by atoms with Crippen LogP contribution in [0.1, 0.15) is 19.3 Å². The van der Waals surface area contributed by atoms with E-state index in [1.54, 1.807) is 0 Å². The molecule has 0 spiro atoms. The average Bonchev–Trinajstić information content (AvgIpc) is 2.72. The largest absolute Gasteiger partial charge is 0.402 e. The van der Waals surface area contributed by atoms with E-state index in [-0.39, 0.29) is 19.3 Å². The fraction of sp³-hybridized carbons (Fsp3) is 0.750. The molecule has 0 aromatic heterocycles. The van der Waals surface area contributed by atoms with E-state index in [9.17, 15) is 22.8 Å². The van der Waals surface area contributed by atoms with Crippen molar-refractivity contribution in [3.8, 4) is 0 Å². The first-order valence-electron chi connectivity index (χ1n) is 4.02. The molecule has 2 rings (SSSR count). The first-order chi connectivity index (χ1) is 5.89. The van der Waals surface area contributed by atoms with Crippen LogP contribution >= 0.6 is 0 Å². The predicted molar refractivity (Wildman–Crippen MR) is 35.8 cm³/mol. The van der Waals surface area contributed by atoms with Crippen LogP contribution in [0.3, 0.4) is 0 Å². The van der Waals surface area contributed by atoms with Crippen molar-refractivity contribution in [1.29, 1.82) is 0 Å². The van der Waals surface area contributed by atoms with Crippen molar-refractivity contribution in [2.45, 2.75) is 25.4 Å². The van der Waals surface area contributed by atoms with E-state index in [0.717, 1.165) is 0 Å². The Morgan fingerprint density at radius 3 is 2.31 bits per heavy atom. The molecule has 2 atom stereocenters. The second-order valence-electron chi connectivity index (χ2n) is 3.62. The minimum atomic E-state index is -4.54. The van der Waals surface area contributed by atoms with Crippen LogP contribution in [0.4, 0.5) is 13.2 Å². The molecule has 2 saturated carbocycles. The third kappa shape index (κ3) is 0.899. The molecule has 2 nitrogen and oxygen atoms in total. The summed E-state index contributed by atoms with van der Waals surface area (Å²) >= 11 is 0. The summed E-state index contributed by atoms with van der Waals surface area (Å²) in [5.41, 5.74) is -2.28. The molecule has 0 saturated heterocycles. The Labute approximate surface area is 72.1 Å². The highest BCUT2D eigenvalue weighted by molar-refractivity contribution is 6.04. The molecule has 2 fully saturated rings. The number of carbonyl (C=O) groups is 2. The summed E-state index contributed by atoms with van der Waals surface area (Å²) < 4.78 is 37.3. The summed E-state index contributed by atoms with van der Waals surface area (Å²) in [6.45, 7) is 0. The third-order valence-corrected chi connectivity index (χ3v) is 2.95. The second-order valence-corrected chi connectivity index (χ2v) is 3.62. The number of rotatable bonds is 0. The predicted octanol–water partition coefficient (Wildman–Crippen LogP) is 1.49.